The average molecular weight is 191 g/mol. The van der Waals surface area contributed by atoms with Crippen molar-refractivity contribution in [1.82, 2.24) is 0 Å². The van der Waals surface area contributed by atoms with E-state index in [0.717, 1.165) is 0 Å². The van der Waals surface area contributed by atoms with Gasteiger partial charge < -0.3 is 4.74 Å². The van der Waals surface area contributed by atoms with Gasteiger partial charge in [-0.3, -0.25) is 0 Å². The monoisotopic (exact) mass is 191 g/mol. The molecule has 0 heterocycles. The predicted molar refractivity (Wildman–Crippen MR) is 51.4 cm³/mol. The molecule has 0 bridgehead atoms. The van der Waals surface area contributed by atoms with Gasteiger partial charge in [0.1, 0.15) is 17.6 Å². The molecule has 0 aliphatic carbocycles. The molecule has 72 valence electrons. The summed E-state index contributed by atoms with van der Waals surface area (Å²) in [6.07, 6.45) is 2.43. The number of hydrogen-bond donors (Lipinski definition) is 0. The van der Waals surface area contributed by atoms with Gasteiger partial charge in [-0.25, -0.2) is 4.39 Å². The second-order valence-electron chi connectivity index (χ2n) is 2.68. The molecule has 0 N–H and O–H groups in total. The molecule has 0 aromatic heterocycles. The van der Waals surface area contributed by atoms with E-state index >= 15 is 0 Å². The molecule has 0 unspecified atom stereocenters. The van der Waals surface area contributed by atoms with E-state index in [1.54, 1.807) is 18.2 Å². The van der Waals surface area contributed by atoms with Crippen LogP contribution in [-0.2, 0) is 0 Å². The molecule has 3 heteroatoms. The van der Waals surface area contributed by atoms with E-state index in [1.165, 1.54) is 12.1 Å². The van der Waals surface area contributed by atoms with E-state index in [9.17, 15) is 4.39 Å². The van der Waals surface area contributed by atoms with Crippen molar-refractivity contribution in [3.63, 3.8) is 0 Å². The van der Waals surface area contributed by atoms with Crippen molar-refractivity contribution >= 4 is 0 Å². The summed E-state index contributed by atoms with van der Waals surface area (Å²) in [7, 11) is 0. The van der Waals surface area contributed by atoms with Gasteiger partial charge in [0.25, 0.3) is 0 Å². The van der Waals surface area contributed by atoms with E-state index in [4.69, 9.17) is 10.00 Å². The Hall–Kier alpha value is -1.82. The topological polar surface area (TPSA) is 33.0 Å². The van der Waals surface area contributed by atoms with E-state index in [-0.39, 0.29) is 5.56 Å². The van der Waals surface area contributed by atoms with Crippen LogP contribution in [0.5, 0.6) is 5.75 Å². The molecule has 1 rings (SSSR count). The standard InChI is InChI=1S/C11H10FNO/c1-2-3-6-14-10-5-4-9(8-13)11(12)7-10/h2,4-5,7H,1,3,6H2. The Bertz CT molecular complexity index is 368. The van der Waals surface area contributed by atoms with Gasteiger partial charge in [-0.05, 0) is 18.6 Å². The molecule has 0 aliphatic heterocycles. The van der Waals surface area contributed by atoms with Gasteiger partial charge in [0, 0.05) is 6.07 Å². The Balaban J connectivity index is 2.67. The molecule has 1 aromatic rings. The summed E-state index contributed by atoms with van der Waals surface area (Å²) >= 11 is 0. The molecule has 14 heavy (non-hydrogen) atoms. The fourth-order valence-corrected chi connectivity index (χ4v) is 0.936. The molecule has 0 amide bonds. The molecule has 0 spiro atoms. The van der Waals surface area contributed by atoms with Crippen molar-refractivity contribution < 1.29 is 9.13 Å². The van der Waals surface area contributed by atoms with Crippen LogP contribution in [0.1, 0.15) is 12.0 Å². The Morgan fingerprint density at radius 1 is 1.57 bits per heavy atom. The lowest BCUT2D eigenvalue weighted by Gasteiger charge is -2.04. The second-order valence-corrected chi connectivity index (χ2v) is 2.68. The number of hydrogen-bond acceptors (Lipinski definition) is 2. The Morgan fingerprint density at radius 2 is 2.36 bits per heavy atom. The van der Waals surface area contributed by atoms with Crippen molar-refractivity contribution in [3.05, 3.63) is 42.2 Å². The van der Waals surface area contributed by atoms with Crippen LogP contribution in [0.3, 0.4) is 0 Å². The lowest BCUT2D eigenvalue weighted by atomic mass is 10.2. The van der Waals surface area contributed by atoms with Gasteiger partial charge in [-0.2, -0.15) is 5.26 Å². The molecule has 1 aromatic carbocycles. The molecular weight excluding hydrogens is 181 g/mol. The Labute approximate surface area is 82.2 Å². The van der Waals surface area contributed by atoms with Crippen molar-refractivity contribution in [2.24, 2.45) is 0 Å². The summed E-state index contributed by atoms with van der Waals surface area (Å²) in [4.78, 5) is 0. The van der Waals surface area contributed by atoms with Crippen molar-refractivity contribution in [1.29, 1.82) is 5.26 Å². The fraction of sp³-hybridized carbons (Fsp3) is 0.182. The smallest absolute Gasteiger partial charge is 0.144 e. The zero-order chi connectivity index (χ0) is 10.4. The lowest BCUT2D eigenvalue weighted by Crippen LogP contribution is -1.96. The first-order chi connectivity index (χ1) is 6.77. The van der Waals surface area contributed by atoms with Gasteiger partial charge >= 0.3 is 0 Å². The first-order valence-corrected chi connectivity index (χ1v) is 4.21. The summed E-state index contributed by atoms with van der Waals surface area (Å²) in [6.45, 7) is 4.01. The van der Waals surface area contributed by atoms with Crippen LogP contribution in [0, 0.1) is 17.1 Å². The third-order valence-corrected chi connectivity index (χ3v) is 1.65. The number of benzene rings is 1. The maximum atomic E-state index is 13.0. The van der Waals surface area contributed by atoms with Crippen LogP contribution in [-0.4, -0.2) is 6.61 Å². The highest BCUT2D eigenvalue weighted by molar-refractivity contribution is 5.36. The summed E-state index contributed by atoms with van der Waals surface area (Å²) in [5.41, 5.74) is 0.0288. The van der Waals surface area contributed by atoms with E-state index in [2.05, 4.69) is 6.58 Å². The van der Waals surface area contributed by atoms with Crippen LogP contribution < -0.4 is 4.74 Å². The van der Waals surface area contributed by atoms with Gasteiger partial charge in [0.15, 0.2) is 0 Å². The van der Waals surface area contributed by atoms with Gasteiger partial charge in [0.05, 0.1) is 12.2 Å². The SMILES string of the molecule is C=CCCOc1ccc(C#N)c(F)c1. The summed E-state index contributed by atoms with van der Waals surface area (Å²) in [6, 6.07) is 5.93. The summed E-state index contributed by atoms with van der Waals surface area (Å²) < 4.78 is 18.2. The molecule has 0 radical (unpaired) electrons. The number of nitriles is 1. The highest BCUT2D eigenvalue weighted by Crippen LogP contribution is 2.15. The normalized spacial score (nSPS) is 9.14. The zero-order valence-corrected chi connectivity index (χ0v) is 7.66. The highest BCUT2D eigenvalue weighted by atomic mass is 19.1. The lowest BCUT2D eigenvalue weighted by molar-refractivity contribution is 0.323. The van der Waals surface area contributed by atoms with Crippen molar-refractivity contribution in [3.8, 4) is 11.8 Å². The molecule has 0 aliphatic rings. The maximum absolute atomic E-state index is 13.0. The number of ether oxygens (including phenoxy) is 1. The minimum Gasteiger partial charge on any atom is -0.493 e. The van der Waals surface area contributed by atoms with Crippen molar-refractivity contribution in [2.45, 2.75) is 6.42 Å². The minimum atomic E-state index is -0.552. The first kappa shape index (κ1) is 10.3. The summed E-state index contributed by atoms with van der Waals surface area (Å²) in [5, 5.41) is 8.48. The third-order valence-electron chi connectivity index (χ3n) is 1.65. The highest BCUT2D eigenvalue weighted by Gasteiger charge is 2.02. The van der Waals surface area contributed by atoms with Crippen molar-refractivity contribution in [2.75, 3.05) is 6.61 Å². The molecule has 0 atom stereocenters. The van der Waals surface area contributed by atoms with E-state index in [1.807, 2.05) is 0 Å². The van der Waals surface area contributed by atoms with E-state index < -0.39 is 5.82 Å². The number of halogens is 1. The second kappa shape index (κ2) is 5.03. The predicted octanol–water partition coefficient (Wildman–Crippen LogP) is 2.65. The third kappa shape index (κ3) is 2.60. The van der Waals surface area contributed by atoms with Crippen LogP contribution in [0.4, 0.5) is 4.39 Å². The molecule has 0 fully saturated rings. The Morgan fingerprint density at radius 3 is 2.93 bits per heavy atom. The maximum Gasteiger partial charge on any atom is 0.144 e. The van der Waals surface area contributed by atoms with Crippen LogP contribution in [0.15, 0.2) is 30.9 Å². The van der Waals surface area contributed by atoms with Crippen LogP contribution in [0.25, 0.3) is 0 Å². The Kier molecular flexibility index (Phi) is 3.69. The van der Waals surface area contributed by atoms with Crippen LogP contribution in [0.2, 0.25) is 0 Å². The summed E-state index contributed by atoms with van der Waals surface area (Å²) in [5.74, 6) is -0.119. The van der Waals surface area contributed by atoms with Gasteiger partial charge in [-0.15, -0.1) is 6.58 Å². The fourth-order valence-electron chi connectivity index (χ4n) is 0.936. The first-order valence-electron chi connectivity index (χ1n) is 4.21. The molecular formula is C11H10FNO. The average Bonchev–Trinajstić information content (AvgIpc) is 2.18. The zero-order valence-electron chi connectivity index (χ0n) is 7.66. The van der Waals surface area contributed by atoms with E-state index in [0.29, 0.717) is 18.8 Å². The van der Waals surface area contributed by atoms with Gasteiger partial charge in [0.2, 0.25) is 0 Å². The van der Waals surface area contributed by atoms with Gasteiger partial charge in [-0.1, -0.05) is 6.08 Å². The minimum absolute atomic E-state index is 0.0288. The molecule has 2 nitrogen and oxygen atoms in total. The quantitative estimate of drug-likeness (QED) is 0.541. The molecule has 0 saturated carbocycles. The number of nitrogens with zero attached hydrogens (tertiary/aromatic N) is 1. The molecule has 0 saturated heterocycles. The van der Waals surface area contributed by atoms with Crippen LogP contribution >= 0.6 is 0 Å². The largest absolute Gasteiger partial charge is 0.493 e. The number of rotatable bonds is 4.